The van der Waals surface area contributed by atoms with Crippen molar-refractivity contribution in [1.82, 2.24) is 15.6 Å². The van der Waals surface area contributed by atoms with Crippen LogP contribution in [0, 0.1) is 0 Å². The van der Waals surface area contributed by atoms with E-state index in [0.717, 1.165) is 22.5 Å². The van der Waals surface area contributed by atoms with Crippen molar-refractivity contribution in [2.24, 2.45) is 0 Å². The van der Waals surface area contributed by atoms with E-state index in [1.165, 1.54) is 0 Å². The number of para-hydroxylation sites is 2. The monoisotopic (exact) mass is 349 g/mol. The van der Waals surface area contributed by atoms with Gasteiger partial charge in [-0.1, -0.05) is 42.5 Å². The van der Waals surface area contributed by atoms with Crippen molar-refractivity contribution in [2.75, 3.05) is 0 Å². The summed E-state index contributed by atoms with van der Waals surface area (Å²) in [7, 11) is 0. The van der Waals surface area contributed by atoms with Crippen molar-refractivity contribution in [3.63, 3.8) is 0 Å². The highest BCUT2D eigenvalue weighted by Crippen LogP contribution is 2.16. The third kappa shape index (κ3) is 5.05. The number of aromatic nitrogens is 1. The fourth-order valence-corrected chi connectivity index (χ4v) is 2.70. The molecule has 0 aliphatic rings. The van der Waals surface area contributed by atoms with E-state index in [9.17, 15) is 10.2 Å². The molecule has 0 radical (unpaired) electrons. The van der Waals surface area contributed by atoms with Gasteiger partial charge in [0, 0.05) is 37.3 Å². The summed E-state index contributed by atoms with van der Waals surface area (Å²) < 4.78 is 0. The predicted molar refractivity (Wildman–Crippen MR) is 102 cm³/mol. The molecule has 0 saturated heterocycles. The maximum absolute atomic E-state index is 9.78. The van der Waals surface area contributed by atoms with Gasteiger partial charge in [-0.05, 0) is 24.3 Å². The van der Waals surface area contributed by atoms with Crippen LogP contribution in [0.5, 0.6) is 11.5 Å². The quantitative estimate of drug-likeness (QED) is 0.503. The van der Waals surface area contributed by atoms with Crippen LogP contribution in [-0.4, -0.2) is 15.2 Å². The Morgan fingerprint density at radius 2 is 1.04 bits per heavy atom. The summed E-state index contributed by atoms with van der Waals surface area (Å²) in [6.07, 6.45) is 0. The molecule has 1 heterocycles. The van der Waals surface area contributed by atoms with Gasteiger partial charge in [0.05, 0.1) is 11.4 Å². The van der Waals surface area contributed by atoms with Crippen molar-refractivity contribution < 1.29 is 10.2 Å². The average molecular weight is 349 g/mol. The molecule has 3 rings (SSSR count). The molecule has 5 heteroatoms. The van der Waals surface area contributed by atoms with Crippen molar-refractivity contribution >= 4 is 0 Å². The minimum absolute atomic E-state index is 0.301. The van der Waals surface area contributed by atoms with Gasteiger partial charge in [-0.3, -0.25) is 4.98 Å². The Kier molecular flexibility index (Phi) is 6.19. The summed E-state index contributed by atoms with van der Waals surface area (Å²) in [5.41, 5.74) is 3.63. The molecule has 2 aromatic carbocycles. The molecule has 5 nitrogen and oxygen atoms in total. The molecule has 134 valence electrons. The Morgan fingerprint density at radius 3 is 1.50 bits per heavy atom. The second-order valence-electron chi connectivity index (χ2n) is 6.08. The van der Waals surface area contributed by atoms with Crippen LogP contribution in [0.1, 0.15) is 22.5 Å². The maximum atomic E-state index is 9.78. The van der Waals surface area contributed by atoms with Crippen molar-refractivity contribution in [3.8, 4) is 11.5 Å². The largest absolute Gasteiger partial charge is 0.508 e. The lowest BCUT2D eigenvalue weighted by Gasteiger charge is -2.09. The SMILES string of the molecule is Oc1ccccc1CNCc1cccc(CNCc2ccccc2O)n1. The van der Waals surface area contributed by atoms with E-state index in [-0.39, 0.29) is 0 Å². The molecule has 0 atom stereocenters. The Morgan fingerprint density at radius 1 is 0.577 bits per heavy atom. The Balaban J connectivity index is 1.48. The van der Waals surface area contributed by atoms with E-state index in [0.29, 0.717) is 37.7 Å². The van der Waals surface area contributed by atoms with E-state index in [2.05, 4.69) is 15.6 Å². The van der Waals surface area contributed by atoms with Crippen LogP contribution in [0.3, 0.4) is 0 Å². The highest BCUT2D eigenvalue weighted by molar-refractivity contribution is 5.32. The van der Waals surface area contributed by atoms with Crippen LogP contribution in [0.25, 0.3) is 0 Å². The van der Waals surface area contributed by atoms with Gasteiger partial charge in [-0.25, -0.2) is 0 Å². The molecule has 0 bridgehead atoms. The number of hydrogen-bond donors (Lipinski definition) is 4. The van der Waals surface area contributed by atoms with Gasteiger partial charge in [0.1, 0.15) is 11.5 Å². The fraction of sp³-hybridized carbons (Fsp3) is 0.190. The van der Waals surface area contributed by atoms with Gasteiger partial charge in [-0.15, -0.1) is 0 Å². The number of phenolic OH excluding ortho intramolecular Hbond substituents is 2. The first-order chi connectivity index (χ1) is 12.7. The predicted octanol–water partition coefficient (Wildman–Crippen LogP) is 3.07. The molecule has 4 N–H and O–H groups in total. The highest BCUT2D eigenvalue weighted by Gasteiger charge is 2.02. The lowest BCUT2D eigenvalue weighted by Crippen LogP contribution is -2.16. The zero-order valence-electron chi connectivity index (χ0n) is 14.5. The molecule has 3 aromatic rings. The third-order valence-electron chi connectivity index (χ3n) is 4.09. The van der Waals surface area contributed by atoms with Crippen molar-refractivity contribution in [1.29, 1.82) is 0 Å². The van der Waals surface area contributed by atoms with Gasteiger partial charge >= 0.3 is 0 Å². The topological polar surface area (TPSA) is 77.4 Å². The number of benzene rings is 2. The molecule has 0 saturated carbocycles. The first-order valence-electron chi connectivity index (χ1n) is 8.62. The molecular weight excluding hydrogens is 326 g/mol. The zero-order chi connectivity index (χ0) is 18.2. The van der Waals surface area contributed by atoms with E-state index in [4.69, 9.17) is 0 Å². The van der Waals surface area contributed by atoms with Gasteiger partial charge in [0.2, 0.25) is 0 Å². The second-order valence-corrected chi connectivity index (χ2v) is 6.08. The summed E-state index contributed by atoms with van der Waals surface area (Å²) in [5, 5.41) is 26.2. The summed E-state index contributed by atoms with van der Waals surface area (Å²) in [6.45, 7) is 2.43. The van der Waals surface area contributed by atoms with Crippen LogP contribution >= 0.6 is 0 Å². The standard InChI is InChI=1S/C21H23N3O2/c25-20-10-3-1-6-16(20)12-22-14-18-8-5-9-19(24-18)15-23-13-17-7-2-4-11-21(17)26/h1-11,22-23,25-26H,12-15H2. The number of aromatic hydroxyl groups is 2. The third-order valence-corrected chi connectivity index (χ3v) is 4.09. The molecule has 26 heavy (non-hydrogen) atoms. The Labute approximate surface area is 153 Å². The number of pyridine rings is 1. The van der Waals surface area contributed by atoms with Gasteiger partial charge in [0.25, 0.3) is 0 Å². The van der Waals surface area contributed by atoms with Gasteiger partial charge < -0.3 is 20.8 Å². The minimum atomic E-state index is 0.301. The maximum Gasteiger partial charge on any atom is 0.120 e. The second kappa shape index (κ2) is 8.99. The number of phenols is 2. The van der Waals surface area contributed by atoms with E-state index in [1.54, 1.807) is 12.1 Å². The first-order valence-corrected chi connectivity index (χ1v) is 8.62. The molecule has 0 fully saturated rings. The lowest BCUT2D eigenvalue weighted by molar-refractivity contribution is 0.464. The first kappa shape index (κ1) is 17.9. The fourth-order valence-electron chi connectivity index (χ4n) is 2.70. The highest BCUT2D eigenvalue weighted by atomic mass is 16.3. The number of rotatable bonds is 8. The molecule has 0 amide bonds. The normalized spacial score (nSPS) is 10.8. The summed E-state index contributed by atoms with van der Waals surface area (Å²) >= 11 is 0. The van der Waals surface area contributed by atoms with Crippen LogP contribution < -0.4 is 10.6 Å². The molecule has 1 aromatic heterocycles. The van der Waals surface area contributed by atoms with E-state index >= 15 is 0 Å². The molecule has 0 aliphatic carbocycles. The summed E-state index contributed by atoms with van der Waals surface area (Å²) in [6, 6.07) is 20.5. The number of hydrogen-bond acceptors (Lipinski definition) is 5. The number of nitrogens with zero attached hydrogens (tertiary/aromatic N) is 1. The van der Waals surface area contributed by atoms with Crippen LogP contribution in [0.4, 0.5) is 0 Å². The van der Waals surface area contributed by atoms with E-state index < -0.39 is 0 Å². The minimum Gasteiger partial charge on any atom is -0.508 e. The van der Waals surface area contributed by atoms with Crippen LogP contribution in [0.2, 0.25) is 0 Å². The van der Waals surface area contributed by atoms with Gasteiger partial charge in [-0.2, -0.15) is 0 Å². The lowest BCUT2D eigenvalue weighted by atomic mass is 10.2. The molecule has 0 unspecified atom stereocenters. The van der Waals surface area contributed by atoms with Gasteiger partial charge in [0.15, 0.2) is 0 Å². The van der Waals surface area contributed by atoms with Crippen molar-refractivity contribution in [3.05, 3.63) is 89.2 Å². The van der Waals surface area contributed by atoms with E-state index in [1.807, 2.05) is 54.6 Å². The molecular formula is C21H23N3O2. The smallest absolute Gasteiger partial charge is 0.120 e. The molecule has 0 spiro atoms. The summed E-state index contributed by atoms with van der Waals surface area (Å²) in [5.74, 6) is 0.602. The van der Waals surface area contributed by atoms with Crippen LogP contribution in [0.15, 0.2) is 66.7 Å². The Hall–Kier alpha value is -2.89. The summed E-state index contributed by atoms with van der Waals surface area (Å²) in [4.78, 5) is 4.63. The van der Waals surface area contributed by atoms with Crippen LogP contribution in [-0.2, 0) is 26.2 Å². The Bertz CT molecular complexity index is 785. The average Bonchev–Trinajstić information content (AvgIpc) is 2.65. The molecule has 0 aliphatic heterocycles. The van der Waals surface area contributed by atoms with Crippen molar-refractivity contribution in [2.45, 2.75) is 26.2 Å². The zero-order valence-corrected chi connectivity index (χ0v) is 14.5. The number of nitrogens with one attached hydrogen (secondary N) is 2.